The Morgan fingerprint density at radius 2 is 1.55 bits per heavy atom. The number of carbonyl (C=O) groups excluding carboxylic acids is 1. The highest BCUT2D eigenvalue weighted by Crippen LogP contribution is 2.38. The van der Waals surface area contributed by atoms with E-state index in [1.54, 1.807) is 0 Å². The molecule has 160 valence electrons. The van der Waals surface area contributed by atoms with Gasteiger partial charge in [0.1, 0.15) is 12.4 Å². The minimum absolute atomic E-state index is 0.0186. The third kappa shape index (κ3) is 5.55. The van der Waals surface area contributed by atoms with Gasteiger partial charge < -0.3 is 10.1 Å². The highest BCUT2D eigenvalue weighted by molar-refractivity contribution is 5.80. The second-order valence-electron chi connectivity index (χ2n) is 8.48. The molecule has 3 aromatic rings. The Balaban J connectivity index is 1.40. The maximum atomic E-state index is 13.2. The van der Waals surface area contributed by atoms with Gasteiger partial charge in [0.05, 0.1) is 6.04 Å². The molecule has 1 amide bonds. The molecule has 1 aliphatic carbocycles. The molecule has 0 aliphatic heterocycles. The van der Waals surface area contributed by atoms with Gasteiger partial charge in [0.2, 0.25) is 5.91 Å². The molecule has 0 radical (unpaired) electrons. The van der Waals surface area contributed by atoms with E-state index in [2.05, 4.69) is 48.6 Å². The van der Waals surface area contributed by atoms with Gasteiger partial charge in [0.25, 0.3) is 0 Å². The smallest absolute Gasteiger partial charge is 0.224 e. The topological polar surface area (TPSA) is 38.3 Å². The summed E-state index contributed by atoms with van der Waals surface area (Å²) >= 11 is 0. The lowest BCUT2D eigenvalue weighted by Crippen LogP contribution is -2.37. The average Bonchev–Trinajstić information content (AvgIpc) is 2.84. The quantitative estimate of drug-likeness (QED) is 0.485. The molecule has 0 aromatic heterocycles. The molecular formula is C28H31NO2. The van der Waals surface area contributed by atoms with E-state index < -0.39 is 0 Å². The number of amides is 1. The fourth-order valence-corrected chi connectivity index (χ4v) is 4.54. The molecule has 31 heavy (non-hydrogen) atoms. The van der Waals surface area contributed by atoms with Crippen LogP contribution in [0, 0.1) is 5.92 Å². The van der Waals surface area contributed by atoms with Gasteiger partial charge in [-0.25, -0.2) is 0 Å². The van der Waals surface area contributed by atoms with Crippen molar-refractivity contribution in [1.82, 2.24) is 5.32 Å². The number of ether oxygens (including phenoxy) is 1. The highest BCUT2D eigenvalue weighted by Gasteiger charge is 2.32. The van der Waals surface area contributed by atoms with E-state index >= 15 is 0 Å². The fourth-order valence-electron chi connectivity index (χ4n) is 4.54. The molecule has 0 heterocycles. The zero-order chi connectivity index (χ0) is 21.5. The van der Waals surface area contributed by atoms with Crippen molar-refractivity contribution < 1.29 is 9.53 Å². The molecule has 0 spiro atoms. The van der Waals surface area contributed by atoms with E-state index in [-0.39, 0.29) is 23.8 Å². The molecule has 1 aliphatic rings. The first-order valence-corrected chi connectivity index (χ1v) is 11.3. The molecule has 3 heteroatoms. The second-order valence-corrected chi connectivity index (χ2v) is 8.48. The summed E-state index contributed by atoms with van der Waals surface area (Å²) in [5, 5.41) is 3.25. The molecule has 0 bridgehead atoms. The van der Waals surface area contributed by atoms with E-state index in [9.17, 15) is 4.79 Å². The van der Waals surface area contributed by atoms with Crippen LogP contribution >= 0.6 is 0 Å². The van der Waals surface area contributed by atoms with Crippen LogP contribution in [-0.4, -0.2) is 5.91 Å². The third-order valence-corrected chi connectivity index (χ3v) is 6.32. The number of nitrogens with one attached hydrogen (secondary N) is 1. The number of carbonyl (C=O) groups is 1. The van der Waals surface area contributed by atoms with Crippen LogP contribution in [0.15, 0.2) is 84.9 Å². The average molecular weight is 414 g/mol. The molecule has 2 unspecified atom stereocenters. The lowest BCUT2D eigenvalue weighted by Gasteiger charge is -2.32. The van der Waals surface area contributed by atoms with E-state index in [0.717, 1.165) is 36.1 Å². The summed E-state index contributed by atoms with van der Waals surface area (Å²) < 4.78 is 5.93. The largest absolute Gasteiger partial charge is 0.489 e. The maximum absolute atomic E-state index is 13.2. The summed E-state index contributed by atoms with van der Waals surface area (Å²) in [5.41, 5.74) is 3.53. The number of benzene rings is 3. The normalized spacial score (nSPS) is 19.4. The van der Waals surface area contributed by atoms with Crippen LogP contribution in [-0.2, 0) is 11.4 Å². The first-order valence-electron chi connectivity index (χ1n) is 11.3. The zero-order valence-electron chi connectivity index (χ0n) is 18.2. The van der Waals surface area contributed by atoms with Crippen molar-refractivity contribution in [1.29, 1.82) is 0 Å². The second kappa shape index (κ2) is 10.3. The summed E-state index contributed by atoms with van der Waals surface area (Å²) in [7, 11) is 0. The molecule has 1 N–H and O–H groups in total. The summed E-state index contributed by atoms with van der Waals surface area (Å²) in [6.07, 6.45) is 4.30. The van der Waals surface area contributed by atoms with E-state index in [1.807, 2.05) is 48.5 Å². The predicted octanol–water partition coefficient (Wildman–Crippen LogP) is 6.42. The van der Waals surface area contributed by atoms with Crippen molar-refractivity contribution in [3.8, 4) is 5.75 Å². The summed E-state index contributed by atoms with van der Waals surface area (Å²) in [6.45, 7) is 2.62. The molecule has 1 saturated carbocycles. The lowest BCUT2D eigenvalue weighted by atomic mass is 9.75. The summed E-state index contributed by atoms with van der Waals surface area (Å²) in [4.78, 5) is 13.2. The SMILES string of the molecule is C[C@H](NC(=O)C1CCCCC1c1ccc(OCc2ccccc2)cc1)c1ccccc1. The summed E-state index contributed by atoms with van der Waals surface area (Å²) in [5.74, 6) is 1.32. The zero-order valence-corrected chi connectivity index (χ0v) is 18.2. The molecule has 3 aromatic carbocycles. The van der Waals surface area contributed by atoms with Crippen LogP contribution in [0.2, 0.25) is 0 Å². The number of hydrogen-bond acceptors (Lipinski definition) is 2. The van der Waals surface area contributed by atoms with Gasteiger partial charge in [0.15, 0.2) is 0 Å². The minimum atomic E-state index is 0.0186. The van der Waals surface area contributed by atoms with Crippen LogP contribution in [0.3, 0.4) is 0 Å². The molecule has 0 saturated heterocycles. The Morgan fingerprint density at radius 1 is 0.903 bits per heavy atom. The van der Waals surface area contributed by atoms with E-state index in [0.29, 0.717) is 6.61 Å². The highest BCUT2D eigenvalue weighted by atomic mass is 16.5. The molecular weight excluding hydrogens is 382 g/mol. The van der Waals surface area contributed by atoms with Gasteiger partial charge in [-0.1, -0.05) is 85.6 Å². The molecule has 3 nitrogen and oxygen atoms in total. The van der Waals surface area contributed by atoms with Crippen molar-refractivity contribution in [3.63, 3.8) is 0 Å². The van der Waals surface area contributed by atoms with Gasteiger partial charge in [0, 0.05) is 5.92 Å². The van der Waals surface area contributed by atoms with Gasteiger partial charge in [-0.15, -0.1) is 0 Å². The Morgan fingerprint density at radius 3 is 2.26 bits per heavy atom. The number of hydrogen-bond donors (Lipinski definition) is 1. The van der Waals surface area contributed by atoms with Crippen LogP contribution < -0.4 is 10.1 Å². The van der Waals surface area contributed by atoms with Crippen molar-refractivity contribution >= 4 is 5.91 Å². The molecule has 4 rings (SSSR count). The Hall–Kier alpha value is -3.07. The molecule has 1 fully saturated rings. The van der Waals surface area contributed by atoms with Gasteiger partial charge in [-0.2, -0.15) is 0 Å². The van der Waals surface area contributed by atoms with Gasteiger partial charge in [-0.3, -0.25) is 4.79 Å². The van der Waals surface area contributed by atoms with Gasteiger partial charge >= 0.3 is 0 Å². The lowest BCUT2D eigenvalue weighted by molar-refractivity contribution is -0.127. The van der Waals surface area contributed by atoms with Crippen LogP contribution in [0.1, 0.15) is 61.3 Å². The molecule has 3 atom stereocenters. The third-order valence-electron chi connectivity index (χ3n) is 6.32. The maximum Gasteiger partial charge on any atom is 0.224 e. The number of rotatable bonds is 7. The monoisotopic (exact) mass is 413 g/mol. The fraction of sp³-hybridized carbons (Fsp3) is 0.321. The van der Waals surface area contributed by atoms with Crippen LogP contribution in [0.5, 0.6) is 5.75 Å². The Bertz CT molecular complexity index is 953. The Labute approximate surface area is 185 Å². The van der Waals surface area contributed by atoms with E-state index in [4.69, 9.17) is 4.74 Å². The van der Waals surface area contributed by atoms with Crippen LogP contribution in [0.25, 0.3) is 0 Å². The minimum Gasteiger partial charge on any atom is -0.489 e. The van der Waals surface area contributed by atoms with Crippen molar-refractivity contribution in [3.05, 3.63) is 102 Å². The van der Waals surface area contributed by atoms with Crippen molar-refractivity contribution in [2.45, 2.75) is 51.2 Å². The first-order chi connectivity index (χ1) is 15.2. The van der Waals surface area contributed by atoms with Crippen LogP contribution in [0.4, 0.5) is 0 Å². The van der Waals surface area contributed by atoms with Crippen molar-refractivity contribution in [2.24, 2.45) is 5.92 Å². The Kier molecular flexibility index (Phi) is 7.03. The van der Waals surface area contributed by atoms with Gasteiger partial charge in [-0.05, 0) is 54.5 Å². The summed E-state index contributed by atoms with van der Waals surface area (Å²) in [6, 6.07) is 28.7. The first kappa shape index (κ1) is 21.2. The predicted molar refractivity (Wildman–Crippen MR) is 125 cm³/mol. The van der Waals surface area contributed by atoms with E-state index in [1.165, 1.54) is 12.0 Å². The van der Waals surface area contributed by atoms with Crippen molar-refractivity contribution in [2.75, 3.05) is 0 Å². The standard InChI is InChI=1S/C28H31NO2/c1-21(23-12-6-3-7-13-23)29-28(30)27-15-9-8-14-26(27)24-16-18-25(19-17-24)31-20-22-10-4-2-5-11-22/h2-7,10-13,16-19,21,26-27H,8-9,14-15,20H2,1H3,(H,29,30)/t21-,26?,27?/m0/s1.